The number of hydrogen-bond donors (Lipinski definition) is 0. The van der Waals surface area contributed by atoms with E-state index >= 15 is 0 Å². The molecule has 0 saturated heterocycles. The first kappa shape index (κ1) is 17.5. The zero-order chi connectivity index (χ0) is 19.0. The van der Waals surface area contributed by atoms with Crippen LogP contribution in [0.1, 0.15) is 21.9 Å². The maximum absolute atomic E-state index is 12.6. The van der Waals surface area contributed by atoms with Crippen molar-refractivity contribution in [3.8, 4) is 11.5 Å². The van der Waals surface area contributed by atoms with E-state index in [1.165, 1.54) is 0 Å². The lowest BCUT2D eigenvalue weighted by atomic mass is 10.2. The van der Waals surface area contributed by atoms with Gasteiger partial charge in [0.2, 0.25) is 0 Å². The summed E-state index contributed by atoms with van der Waals surface area (Å²) in [7, 11) is 1.93. The summed E-state index contributed by atoms with van der Waals surface area (Å²) in [6, 6.07) is 17.5. The number of nitrogens with zero attached hydrogens (tertiary/aromatic N) is 2. The molecule has 0 bridgehead atoms. The molecule has 4 aromatic rings. The van der Waals surface area contributed by atoms with Crippen molar-refractivity contribution in [2.45, 2.75) is 13.5 Å². The number of carbonyl (C=O) groups excluding carboxylic acids is 1. The van der Waals surface area contributed by atoms with Crippen LogP contribution in [0.2, 0.25) is 0 Å². The molecule has 27 heavy (non-hydrogen) atoms. The van der Waals surface area contributed by atoms with Gasteiger partial charge < -0.3 is 13.7 Å². The Morgan fingerprint density at radius 2 is 1.96 bits per heavy atom. The highest BCUT2D eigenvalue weighted by atomic mass is 79.9. The van der Waals surface area contributed by atoms with Crippen LogP contribution in [-0.4, -0.2) is 15.5 Å². The number of rotatable bonds is 4. The summed E-state index contributed by atoms with van der Waals surface area (Å²) < 4.78 is 14.2. The van der Waals surface area contributed by atoms with Gasteiger partial charge in [0.25, 0.3) is 0 Å². The smallest absolute Gasteiger partial charge is 0.361 e. The van der Waals surface area contributed by atoms with Crippen LogP contribution in [0.5, 0.6) is 0 Å². The second kappa shape index (κ2) is 7.04. The van der Waals surface area contributed by atoms with Gasteiger partial charge in [-0.05, 0) is 29.8 Å². The van der Waals surface area contributed by atoms with Gasteiger partial charge in [-0.2, -0.15) is 0 Å². The Bertz CT molecular complexity index is 1130. The molecule has 0 amide bonds. The molecule has 2 aromatic carbocycles. The predicted molar refractivity (Wildman–Crippen MR) is 106 cm³/mol. The molecule has 0 atom stereocenters. The molecular formula is C21H17BrN2O3. The van der Waals surface area contributed by atoms with Crippen molar-refractivity contribution in [1.82, 2.24) is 9.55 Å². The van der Waals surface area contributed by atoms with E-state index in [1.54, 1.807) is 6.92 Å². The van der Waals surface area contributed by atoms with Gasteiger partial charge in [0, 0.05) is 29.3 Å². The molecule has 2 aromatic heterocycles. The van der Waals surface area contributed by atoms with Crippen molar-refractivity contribution >= 4 is 32.8 Å². The van der Waals surface area contributed by atoms with Gasteiger partial charge in [0.1, 0.15) is 6.61 Å². The lowest BCUT2D eigenvalue weighted by molar-refractivity contribution is 0.0467. The molecule has 5 nitrogen and oxygen atoms in total. The Balaban J connectivity index is 1.69. The minimum Gasteiger partial charge on any atom is -0.456 e. The average molecular weight is 425 g/mol. The molecular weight excluding hydrogens is 408 g/mol. The number of halogens is 1. The van der Waals surface area contributed by atoms with E-state index in [4.69, 9.17) is 9.15 Å². The number of fused-ring (bicyclic) bond motifs is 1. The second-order valence-electron chi connectivity index (χ2n) is 6.26. The fourth-order valence-corrected chi connectivity index (χ4v) is 3.45. The molecule has 0 fully saturated rings. The van der Waals surface area contributed by atoms with E-state index in [1.807, 2.05) is 66.2 Å². The maximum atomic E-state index is 12.6. The molecule has 0 aliphatic heterocycles. The normalized spacial score (nSPS) is 11.1. The maximum Gasteiger partial charge on any atom is 0.361 e. The minimum absolute atomic E-state index is 0.188. The standard InChI is InChI=1S/C21H17BrN2O3/c1-13-23-19(21(25)26-12-14-6-4-3-5-7-14)20(27-13)18-11-15-10-16(22)8-9-17(15)24(18)2/h3-11H,12H2,1-2H3. The van der Waals surface area contributed by atoms with Crippen molar-refractivity contribution in [1.29, 1.82) is 0 Å². The largest absolute Gasteiger partial charge is 0.456 e. The number of carbonyl (C=O) groups is 1. The zero-order valence-corrected chi connectivity index (χ0v) is 16.5. The summed E-state index contributed by atoms with van der Waals surface area (Å²) in [6.07, 6.45) is 0. The SMILES string of the molecule is Cc1nc(C(=O)OCc2ccccc2)c(-c2cc3cc(Br)ccc3n2C)o1. The van der Waals surface area contributed by atoms with Crippen LogP contribution >= 0.6 is 15.9 Å². The van der Waals surface area contributed by atoms with E-state index in [0.717, 1.165) is 26.6 Å². The number of hydrogen-bond acceptors (Lipinski definition) is 4. The van der Waals surface area contributed by atoms with E-state index in [-0.39, 0.29) is 12.3 Å². The Morgan fingerprint density at radius 3 is 2.74 bits per heavy atom. The van der Waals surface area contributed by atoms with E-state index < -0.39 is 5.97 Å². The highest BCUT2D eigenvalue weighted by molar-refractivity contribution is 9.10. The quantitative estimate of drug-likeness (QED) is 0.419. The molecule has 0 N–H and O–H groups in total. The number of esters is 1. The molecule has 0 radical (unpaired) electrons. The van der Waals surface area contributed by atoms with Gasteiger partial charge in [-0.3, -0.25) is 0 Å². The molecule has 0 unspecified atom stereocenters. The van der Waals surface area contributed by atoms with E-state index in [9.17, 15) is 4.79 Å². The molecule has 6 heteroatoms. The Labute approximate surface area is 164 Å². The van der Waals surface area contributed by atoms with Gasteiger partial charge in [-0.15, -0.1) is 0 Å². The van der Waals surface area contributed by atoms with Crippen molar-refractivity contribution in [3.05, 3.63) is 76.2 Å². The average Bonchev–Trinajstić information content (AvgIpc) is 3.20. The molecule has 0 saturated carbocycles. The summed E-state index contributed by atoms with van der Waals surface area (Å²) in [4.78, 5) is 16.9. The van der Waals surface area contributed by atoms with Crippen molar-refractivity contribution in [2.75, 3.05) is 0 Å². The highest BCUT2D eigenvalue weighted by Crippen LogP contribution is 2.32. The minimum atomic E-state index is -0.503. The van der Waals surface area contributed by atoms with Gasteiger partial charge in [-0.25, -0.2) is 9.78 Å². The summed E-state index contributed by atoms with van der Waals surface area (Å²) in [5.74, 6) is 0.334. The van der Waals surface area contributed by atoms with Crippen LogP contribution in [0, 0.1) is 6.92 Å². The first-order valence-corrected chi connectivity index (χ1v) is 9.26. The third-order valence-corrected chi connectivity index (χ3v) is 4.87. The van der Waals surface area contributed by atoms with Crippen molar-refractivity contribution < 1.29 is 13.9 Å². The third-order valence-electron chi connectivity index (χ3n) is 4.38. The number of oxazole rings is 1. The van der Waals surface area contributed by atoms with Gasteiger partial charge in [0.05, 0.1) is 5.69 Å². The number of aromatic nitrogens is 2. The highest BCUT2D eigenvalue weighted by Gasteiger charge is 2.24. The topological polar surface area (TPSA) is 57.3 Å². The van der Waals surface area contributed by atoms with Crippen LogP contribution in [0.25, 0.3) is 22.4 Å². The van der Waals surface area contributed by atoms with Crippen molar-refractivity contribution in [3.63, 3.8) is 0 Å². The molecule has 136 valence electrons. The number of aryl methyl sites for hydroxylation is 2. The Morgan fingerprint density at radius 1 is 1.19 bits per heavy atom. The lowest BCUT2D eigenvalue weighted by Gasteiger charge is -2.05. The van der Waals surface area contributed by atoms with E-state index in [2.05, 4.69) is 20.9 Å². The first-order chi connectivity index (χ1) is 13.0. The number of ether oxygens (including phenoxy) is 1. The van der Waals surface area contributed by atoms with Gasteiger partial charge >= 0.3 is 5.97 Å². The van der Waals surface area contributed by atoms with Crippen LogP contribution in [0.15, 0.2) is 63.5 Å². The summed E-state index contributed by atoms with van der Waals surface area (Å²) >= 11 is 3.49. The molecule has 0 aliphatic carbocycles. The first-order valence-electron chi connectivity index (χ1n) is 8.47. The molecule has 4 rings (SSSR count). The Hall–Kier alpha value is -2.86. The lowest BCUT2D eigenvalue weighted by Crippen LogP contribution is -2.08. The van der Waals surface area contributed by atoms with Gasteiger partial charge in [-0.1, -0.05) is 46.3 Å². The number of benzene rings is 2. The van der Waals surface area contributed by atoms with Crippen LogP contribution in [-0.2, 0) is 18.4 Å². The Kier molecular flexibility index (Phi) is 4.58. The second-order valence-corrected chi connectivity index (χ2v) is 7.18. The summed E-state index contributed by atoms with van der Waals surface area (Å²) in [6.45, 7) is 1.91. The summed E-state index contributed by atoms with van der Waals surface area (Å²) in [5, 5.41) is 1.04. The van der Waals surface area contributed by atoms with Crippen LogP contribution < -0.4 is 0 Å². The third kappa shape index (κ3) is 3.40. The monoisotopic (exact) mass is 424 g/mol. The summed E-state index contributed by atoms with van der Waals surface area (Å²) in [5.41, 5.74) is 2.91. The molecule has 0 aliphatic rings. The zero-order valence-electron chi connectivity index (χ0n) is 14.9. The van der Waals surface area contributed by atoms with Crippen molar-refractivity contribution in [2.24, 2.45) is 7.05 Å². The molecule has 0 spiro atoms. The van der Waals surface area contributed by atoms with Crippen LogP contribution in [0.3, 0.4) is 0 Å². The van der Waals surface area contributed by atoms with Crippen LogP contribution in [0.4, 0.5) is 0 Å². The fourth-order valence-electron chi connectivity index (χ4n) is 3.07. The molecule has 2 heterocycles. The predicted octanol–water partition coefficient (Wildman–Crippen LogP) is 5.26. The fraction of sp³-hybridized carbons (Fsp3) is 0.143. The van der Waals surface area contributed by atoms with E-state index in [0.29, 0.717) is 11.7 Å². The van der Waals surface area contributed by atoms with Gasteiger partial charge in [0.15, 0.2) is 17.3 Å².